The van der Waals surface area contributed by atoms with Crippen molar-refractivity contribution in [1.29, 1.82) is 0 Å². The SMILES string of the molecule is C[C@@H](O)[C@H](N)C(=O)N[C@@H](Cc1ccc(O)cc1)C(=O)N[C@@H](Cc1ccc(O)cc1)C(=O)N[C@H](C(=O)N1CCC[C@H]1C(=O)N[C@H](C(=O)N[C@@H](CCCN=C(N)N)C(=O)O)[C@@H](C)O)[C@@H](C)O. The second-order valence-electron chi connectivity index (χ2n) is 15.6. The fourth-order valence-electron chi connectivity index (χ4n) is 6.71. The van der Waals surface area contributed by atoms with Crippen molar-refractivity contribution in [3.63, 3.8) is 0 Å². The molecule has 1 aliphatic rings. The third kappa shape index (κ3) is 15.7. The minimum Gasteiger partial charge on any atom is -0.508 e. The average molecular weight is 901 g/mol. The Morgan fingerprint density at radius 3 is 1.64 bits per heavy atom. The molecule has 17 N–H and O–H groups in total. The number of phenolic OH excluding ortho intramolecular Hbond substituents is 2. The van der Waals surface area contributed by atoms with Crippen LogP contribution in [0.25, 0.3) is 0 Å². The Morgan fingerprint density at radius 2 is 1.17 bits per heavy atom. The van der Waals surface area contributed by atoms with E-state index in [1.165, 1.54) is 69.3 Å². The number of aliphatic imine (C=N–C) groups is 1. The molecule has 1 fully saturated rings. The largest absolute Gasteiger partial charge is 0.508 e. The van der Waals surface area contributed by atoms with Crippen LogP contribution < -0.4 is 43.8 Å². The minimum atomic E-state index is -1.71. The Bertz CT molecular complexity index is 1960. The first-order chi connectivity index (χ1) is 30.1. The molecule has 0 radical (unpaired) electrons. The van der Waals surface area contributed by atoms with Crippen molar-refractivity contribution in [1.82, 2.24) is 31.5 Å². The molecule has 1 heterocycles. The van der Waals surface area contributed by atoms with Crippen LogP contribution in [0.5, 0.6) is 11.5 Å². The van der Waals surface area contributed by atoms with Crippen LogP contribution >= 0.6 is 0 Å². The first-order valence-electron chi connectivity index (χ1n) is 20.6. The number of carboxylic acids is 1. The number of hydrogen-bond acceptors (Lipinski definition) is 14. The van der Waals surface area contributed by atoms with Gasteiger partial charge in [0.25, 0.3) is 0 Å². The number of guanidine groups is 1. The summed E-state index contributed by atoms with van der Waals surface area (Å²) < 4.78 is 0. The van der Waals surface area contributed by atoms with Crippen LogP contribution in [0.2, 0.25) is 0 Å². The number of nitrogens with one attached hydrogen (secondary N) is 5. The molecule has 0 unspecified atom stereocenters. The number of carbonyl (C=O) groups is 7. The van der Waals surface area contributed by atoms with Gasteiger partial charge in [0.15, 0.2) is 5.96 Å². The number of aliphatic carboxylic acids is 1. The number of phenols is 2. The molecular formula is C41H60N10O13. The smallest absolute Gasteiger partial charge is 0.326 e. The Morgan fingerprint density at radius 1 is 0.688 bits per heavy atom. The van der Waals surface area contributed by atoms with E-state index in [1.54, 1.807) is 0 Å². The summed E-state index contributed by atoms with van der Waals surface area (Å²) in [7, 11) is 0. The van der Waals surface area contributed by atoms with E-state index in [0.29, 0.717) is 11.1 Å². The lowest BCUT2D eigenvalue weighted by molar-refractivity contribution is -0.145. The molecule has 1 aliphatic heterocycles. The van der Waals surface area contributed by atoms with Crippen LogP contribution in [0.15, 0.2) is 53.5 Å². The van der Waals surface area contributed by atoms with Crippen molar-refractivity contribution < 1.29 is 64.2 Å². The van der Waals surface area contributed by atoms with Crippen molar-refractivity contribution in [2.45, 2.75) is 120 Å². The monoisotopic (exact) mass is 900 g/mol. The number of aromatic hydroxyl groups is 2. The zero-order valence-electron chi connectivity index (χ0n) is 35.7. The Balaban J connectivity index is 1.85. The van der Waals surface area contributed by atoms with Gasteiger partial charge in [-0.2, -0.15) is 0 Å². The predicted octanol–water partition coefficient (Wildman–Crippen LogP) is -4.09. The number of amides is 6. The lowest BCUT2D eigenvalue weighted by Crippen LogP contribution is -2.62. The number of aliphatic hydroxyl groups is 3. The van der Waals surface area contributed by atoms with Crippen LogP contribution in [0, 0.1) is 0 Å². The number of benzene rings is 2. The number of carboxylic acid groups (broad SMARTS) is 1. The lowest BCUT2D eigenvalue weighted by atomic mass is 10.0. The van der Waals surface area contributed by atoms with Gasteiger partial charge in [-0.05, 0) is 81.8 Å². The highest BCUT2D eigenvalue weighted by Crippen LogP contribution is 2.21. The fourth-order valence-corrected chi connectivity index (χ4v) is 6.71. The summed E-state index contributed by atoms with van der Waals surface area (Å²) in [5.41, 5.74) is 17.3. The quantitative estimate of drug-likeness (QED) is 0.0286. The normalized spacial score (nSPS) is 17.7. The molecule has 64 heavy (non-hydrogen) atoms. The Labute approximate surface area is 368 Å². The van der Waals surface area contributed by atoms with Crippen LogP contribution in [-0.2, 0) is 46.4 Å². The first kappa shape index (κ1) is 51.8. The third-order valence-electron chi connectivity index (χ3n) is 10.3. The first-order valence-corrected chi connectivity index (χ1v) is 20.6. The summed E-state index contributed by atoms with van der Waals surface area (Å²) in [6, 6.07) is 0.947. The number of hydrogen-bond donors (Lipinski definition) is 14. The molecule has 6 amide bonds. The molecule has 3 rings (SSSR count). The van der Waals surface area contributed by atoms with Gasteiger partial charge in [-0.15, -0.1) is 0 Å². The molecule has 352 valence electrons. The van der Waals surface area contributed by atoms with Crippen molar-refractivity contribution in [2.24, 2.45) is 22.2 Å². The molecule has 0 bridgehead atoms. The van der Waals surface area contributed by atoms with E-state index in [-0.39, 0.29) is 69.1 Å². The molecule has 0 saturated carbocycles. The van der Waals surface area contributed by atoms with Gasteiger partial charge in [-0.1, -0.05) is 24.3 Å². The maximum Gasteiger partial charge on any atom is 0.326 e. The summed E-state index contributed by atoms with van der Waals surface area (Å²) in [6.07, 6.45) is -4.37. The van der Waals surface area contributed by atoms with Gasteiger partial charge < -0.3 is 79.3 Å². The molecule has 23 heteroatoms. The third-order valence-corrected chi connectivity index (χ3v) is 10.3. The van der Waals surface area contributed by atoms with Crippen LogP contribution in [0.3, 0.4) is 0 Å². The number of nitrogens with zero attached hydrogens (tertiary/aromatic N) is 2. The number of nitrogens with two attached hydrogens (primary N) is 3. The highest BCUT2D eigenvalue weighted by Gasteiger charge is 2.42. The van der Waals surface area contributed by atoms with E-state index in [2.05, 4.69) is 31.6 Å². The van der Waals surface area contributed by atoms with E-state index in [4.69, 9.17) is 17.2 Å². The highest BCUT2D eigenvalue weighted by molar-refractivity contribution is 5.97. The molecule has 10 atom stereocenters. The van der Waals surface area contributed by atoms with Crippen LogP contribution in [0.4, 0.5) is 0 Å². The van der Waals surface area contributed by atoms with Crippen LogP contribution in [0.1, 0.15) is 57.6 Å². The maximum absolute atomic E-state index is 14.1. The minimum absolute atomic E-state index is 0.0284. The van der Waals surface area contributed by atoms with Gasteiger partial charge in [-0.25, -0.2) is 4.79 Å². The molecular weight excluding hydrogens is 841 g/mol. The van der Waals surface area contributed by atoms with Crippen LogP contribution in [-0.4, -0.2) is 157 Å². The van der Waals surface area contributed by atoms with E-state index in [0.717, 1.165) is 4.90 Å². The molecule has 23 nitrogen and oxygen atoms in total. The van der Waals surface area contributed by atoms with Gasteiger partial charge in [-0.3, -0.25) is 33.8 Å². The lowest BCUT2D eigenvalue weighted by Gasteiger charge is -2.32. The van der Waals surface area contributed by atoms with Crippen molar-refractivity contribution in [3.8, 4) is 11.5 Å². The van der Waals surface area contributed by atoms with Gasteiger partial charge in [0.05, 0.1) is 18.3 Å². The van der Waals surface area contributed by atoms with Gasteiger partial charge in [0.2, 0.25) is 35.4 Å². The molecule has 0 aliphatic carbocycles. The molecule has 2 aromatic carbocycles. The summed E-state index contributed by atoms with van der Waals surface area (Å²) in [5, 5.41) is 72.7. The standard InChI is InChI=1S/C41H60N10O13/c1-20(52)31(42)37(60)48-28(18-23-8-12-25(55)13-9-23)34(57)47-29(19-24-10-14-26(56)15-11-24)35(58)50-33(22(3)54)39(62)51-17-5-7-30(51)36(59)49-32(21(2)53)38(61)46-27(40(63)64)6-4-16-45-41(43)44/h8-15,20-22,27-33,52-56H,4-7,16-19,42H2,1-3H3,(H,46,61)(H,47,57)(H,48,60)(H,49,59)(H,50,58)(H,63,64)(H4,43,44,45)/t20-,21-,22-,27+,28+,29+,30+,31+,32+,33+/m1/s1. The van der Waals surface area contributed by atoms with E-state index in [9.17, 15) is 64.2 Å². The Hall–Kier alpha value is -6.56. The Kier molecular flexibility index (Phi) is 19.7. The van der Waals surface area contributed by atoms with Crippen molar-refractivity contribution >= 4 is 47.4 Å². The summed E-state index contributed by atoms with van der Waals surface area (Å²) in [5.74, 6) is -7.35. The zero-order chi connectivity index (χ0) is 47.8. The summed E-state index contributed by atoms with van der Waals surface area (Å²) >= 11 is 0. The van der Waals surface area contributed by atoms with Crippen molar-refractivity contribution in [3.05, 3.63) is 59.7 Å². The molecule has 1 saturated heterocycles. The number of rotatable bonds is 23. The van der Waals surface area contributed by atoms with E-state index >= 15 is 0 Å². The maximum atomic E-state index is 14.1. The van der Waals surface area contributed by atoms with Gasteiger partial charge in [0, 0.05) is 25.9 Å². The number of aliphatic hydroxyl groups excluding tert-OH is 3. The van der Waals surface area contributed by atoms with Crippen molar-refractivity contribution in [2.75, 3.05) is 13.1 Å². The van der Waals surface area contributed by atoms with E-state index in [1.807, 2.05) is 0 Å². The van der Waals surface area contributed by atoms with Gasteiger partial charge >= 0.3 is 5.97 Å². The number of carbonyl (C=O) groups excluding carboxylic acids is 6. The molecule has 0 aromatic heterocycles. The number of likely N-dealkylation sites (tertiary alicyclic amines) is 1. The van der Waals surface area contributed by atoms with E-state index < -0.39 is 102 Å². The zero-order valence-corrected chi connectivity index (χ0v) is 35.7. The second-order valence-corrected chi connectivity index (χ2v) is 15.6. The fraction of sp³-hybridized carbons (Fsp3) is 0.512. The highest BCUT2D eigenvalue weighted by atomic mass is 16.4. The topological polar surface area (TPSA) is 395 Å². The second kappa shape index (κ2) is 24.3. The van der Waals surface area contributed by atoms with Gasteiger partial charge in [0.1, 0.15) is 53.8 Å². The molecule has 0 spiro atoms. The molecule has 2 aromatic rings. The summed E-state index contributed by atoms with van der Waals surface area (Å²) in [4.78, 5) is 98.8. The summed E-state index contributed by atoms with van der Waals surface area (Å²) in [6.45, 7) is 3.73. The predicted molar refractivity (Wildman–Crippen MR) is 229 cm³/mol. The average Bonchev–Trinajstić information content (AvgIpc) is 3.73.